The fourth-order valence-corrected chi connectivity index (χ4v) is 5.13. The lowest BCUT2D eigenvalue weighted by atomic mass is 10.1. The van der Waals surface area contributed by atoms with E-state index in [0.29, 0.717) is 12.5 Å². The molecule has 0 radical (unpaired) electrons. The van der Waals surface area contributed by atoms with E-state index in [9.17, 15) is 31.5 Å². The quantitative estimate of drug-likeness (QED) is 0.401. The Balaban J connectivity index is 2.02. The van der Waals surface area contributed by atoms with Crippen LogP contribution in [0.15, 0.2) is 77.7 Å². The smallest absolute Gasteiger partial charge is 0.373 e. The van der Waals surface area contributed by atoms with Crippen molar-refractivity contribution in [1.29, 1.82) is 0 Å². The molecule has 3 aromatic carbocycles. The summed E-state index contributed by atoms with van der Waals surface area (Å²) in [6.45, 7) is 0.196. The van der Waals surface area contributed by atoms with Gasteiger partial charge >= 0.3 is 6.18 Å². The molecule has 0 aliphatic rings. The number of alkyl halides is 3. The van der Waals surface area contributed by atoms with Gasteiger partial charge in [-0.05, 0) is 42.8 Å². The zero-order valence-electron chi connectivity index (χ0n) is 18.1. The first-order valence-electron chi connectivity index (χ1n) is 9.96. The Morgan fingerprint density at radius 1 is 0.971 bits per heavy atom. The van der Waals surface area contributed by atoms with E-state index in [1.54, 1.807) is 36.4 Å². The molecule has 0 aliphatic carbocycles. The molecule has 186 valence electrons. The van der Waals surface area contributed by atoms with E-state index in [1.807, 2.05) is 5.32 Å². The van der Waals surface area contributed by atoms with Crippen molar-refractivity contribution in [3.8, 4) is 0 Å². The lowest BCUT2D eigenvalue weighted by molar-refractivity contribution is -0.242. The van der Waals surface area contributed by atoms with Crippen LogP contribution >= 0.6 is 23.2 Å². The summed E-state index contributed by atoms with van der Waals surface area (Å²) in [5.41, 5.74) is -3.21. The fraction of sp³-hybridized carbons (Fsp3) is 0.174. The molecule has 0 spiro atoms. The van der Waals surface area contributed by atoms with Crippen molar-refractivity contribution in [2.75, 3.05) is 9.62 Å². The standard InChI is InChI=1S/C23H19Cl2F3N2O4S/c1-22(32,23(26,27)28)21(31)29-19-12-11-16(13-18(19)25)30(14-15-7-3-2-4-8-15)35(33,34)20-10-6-5-9-17(20)24/h2-13,32H,14H2,1H3,(H,29,31). The molecule has 0 aromatic heterocycles. The molecule has 1 unspecified atom stereocenters. The van der Waals surface area contributed by atoms with Crippen LogP contribution in [-0.4, -0.2) is 31.2 Å². The third-order valence-electron chi connectivity index (χ3n) is 5.06. The minimum atomic E-state index is -5.22. The average molecular weight is 547 g/mol. The van der Waals surface area contributed by atoms with E-state index in [1.165, 1.54) is 30.3 Å². The molecule has 0 saturated carbocycles. The third-order valence-corrected chi connectivity index (χ3v) is 7.64. The SMILES string of the molecule is CC(O)(C(=O)Nc1ccc(N(Cc2ccccc2)S(=O)(=O)c2ccccc2Cl)cc1Cl)C(F)(F)F. The van der Waals surface area contributed by atoms with Crippen LogP contribution in [0, 0.1) is 0 Å². The number of anilines is 2. The molecule has 0 fully saturated rings. The Bertz CT molecular complexity index is 1330. The van der Waals surface area contributed by atoms with Crippen molar-refractivity contribution in [3.63, 3.8) is 0 Å². The maximum Gasteiger partial charge on any atom is 0.426 e. The molecule has 2 N–H and O–H groups in total. The Morgan fingerprint density at radius 3 is 2.14 bits per heavy atom. The maximum atomic E-state index is 13.5. The minimum Gasteiger partial charge on any atom is -0.373 e. The van der Waals surface area contributed by atoms with Gasteiger partial charge in [0.1, 0.15) is 4.90 Å². The predicted molar refractivity (Wildman–Crippen MR) is 128 cm³/mol. The summed E-state index contributed by atoms with van der Waals surface area (Å²) in [6, 6.07) is 18.1. The monoisotopic (exact) mass is 546 g/mol. The van der Waals surface area contributed by atoms with Crippen molar-refractivity contribution in [2.45, 2.75) is 30.1 Å². The first-order valence-corrected chi connectivity index (χ1v) is 12.2. The predicted octanol–water partition coefficient (Wildman–Crippen LogP) is 5.64. The molecular formula is C23H19Cl2F3N2O4S. The highest BCUT2D eigenvalue weighted by Crippen LogP contribution is 2.35. The highest BCUT2D eigenvalue weighted by atomic mass is 35.5. The van der Waals surface area contributed by atoms with Crippen molar-refractivity contribution < 1.29 is 31.5 Å². The number of amides is 1. The lowest BCUT2D eigenvalue weighted by Crippen LogP contribution is -2.52. The summed E-state index contributed by atoms with van der Waals surface area (Å²) in [5.74, 6) is -1.75. The molecular weight excluding hydrogens is 528 g/mol. The number of rotatable bonds is 7. The zero-order chi connectivity index (χ0) is 26.0. The van der Waals surface area contributed by atoms with E-state index in [-0.39, 0.29) is 32.9 Å². The number of sulfonamides is 1. The maximum absolute atomic E-state index is 13.5. The van der Waals surface area contributed by atoms with Crippen LogP contribution in [0.25, 0.3) is 0 Å². The molecule has 35 heavy (non-hydrogen) atoms. The first-order chi connectivity index (χ1) is 16.2. The molecule has 6 nitrogen and oxygen atoms in total. The van der Waals surface area contributed by atoms with Crippen LogP contribution in [0.3, 0.4) is 0 Å². The molecule has 0 saturated heterocycles. The number of hydrogen-bond donors (Lipinski definition) is 2. The lowest BCUT2D eigenvalue weighted by Gasteiger charge is -2.27. The van der Waals surface area contributed by atoms with Gasteiger partial charge < -0.3 is 10.4 Å². The molecule has 0 aliphatic heterocycles. The Kier molecular flexibility index (Phi) is 7.71. The van der Waals surface area contributed by atoms with Crippen molar-refractivity contribution in [2.24, 2.45) is 0 Å². The number of nitrogens with one attached hydrogen (secondary N) is 1. The molecule has 3 aromatic rings. The number of aliphatic hydroxyl groups is 1. The summed E-state index contributed by atoms with van der Waals surface area (Å²) in [7, 11) is -4.21. The second kappa shape index (κ2) is 10.1. The van der Waals surface area contributed by atoms with Gasteiger partial charge in [-0.25, -0.2) is 8.42 Å². The molecule has 0 bridgehead atoms. The van der Waals surface area contributed by atoms with Gasteiger partial charge in [-0.15, -0.1) is 0 Å². The van der Waals surface area contributed by atoms with Gasteiger partial charge in [0.2, 0.25) is 5.60 Å². The van der Waals surface area contributed by atoms with Crippen molar-refractivity contribution in [3.05, 3.63) is 88.4 Å². The van der Waals surface area contributed by atoms with E-state index in [0.717, 1.165) is 10.4 Å². The molecule has 1 amide bonds. The van der Waals surface area contributed by atoms with Crippen LogP contribution in [0.2, 0.25) is 10.0 Å². The molecule has 12 heteroatoms. The van der Waals surface area contributed by atoms with E-state index in [2.05, 4.69) is 0 Å². The zero-order valence-corrected chi connectivity index (χ0v) is 20.4. The Hall–Kier alpha value is -2.79. The molecule has 1 atom stereocenters. The number of nitrogens with zero attached hydrogens (tertiary/aromatic N) is 1. The normalized spacial score (nSPS) is 13.7. The van der Waals surface area contributed by atoms with Crippen LogP contribution in [0.1, 0.15) is 12.5 Å². The van der Waals surface area contributed by atoms with Gasteiger partial charge in [0.15, 0.2) is 0 Å². The van der Waals surface area contributed by atoms with Gasteiger partial charge in [0.25, 0.3) is 15.9 Å². The minimum absolute atomic E-state index is 0.00470. The average Bonchev–Trinajstić information content (AvgIpc) is 2.78. The fourth-order valence-electron chi connectivity index (χ4n) is 2.97. The largest absolute Gasteiger partial charge is 0.426 e. The van der Waals surface area contributed by atoms with E-state index in [4.69, 9.17) is 23.2 Å². The second-order valence-electron chi connectivity index (χ2n) is 7.62. The van der Waals surface area contributed by atoms with Gasteiger partial charge in [0, 0.05) is 0 Å². The summed E-state index contributed by atoms with van der Waals surface area (Å²) in [6.07, 6.45) is -5.22. The Morgan fingerprint density at radius 2 is 1.57 bits per heavy atom. The van der Waals surface area contributed by atoms with Gasteiger partial charge in [-0.2, -0.15) is 13.2 Å². The first kappa shape index (κ1) is 26.8. The summed E-state index contributed by atoms with van der Waals surface area (Å²) in [4.78, 5) is 11.9. The summed E-state index contributed by atoms with van der Waals surface area (Å²) >= 11 is 12.3. The third kappa shape index (κ3) is 5.72. The summed E-state index contributed by atoms with van der Waals surface area (Å²) in [5, 5.41) is 11.2. The second-order valence-corrected chi connectivity index (χ2v) is 10.3. The number of halogens is 5. The van der Waals surface area contributed by atoms with E-state index < -0.39 is 27.7 Å². The van der Waals surface area contributed by atoms with Gasteiger partial charge in [0.05, 0.1) is 28.0 Å². The highest BCUT2D eigenvalue weighted by molar-refractivity contribution is 7.93. The van der Waals surface area contributed by atoms with Crippen molar-refractivity contribution >= 4 is 50.5 Å². The Labute approximate surface area is 209 Å². The number of carbonyl (C=O) groups is 1. The van der Waals surface area contributed by atoms with Crippen LogP contribution in [0.5, 0.6) is 0 Å². The van der Waals surface area contributed by atoms with Gasteiger partial charge in [-0.3, -0.25) is 9.10 Å². The molecule has 0 heterocycles. The van der Waals surface area contributed by atoms with E-state index >= 15 is 0 Å². The highest BCUT2D eigenvalue weighted by Gasteiger charge is 2.55. The van der Waals surface area contributed by atoms with Crippen LogP contribution in [-0.2, 0) is 21.4 Å². The van der Waals surface area contributed by atoms with Crippen molar-refractivity contribution in [1.82, 2.24) is 0 Å². The van der Waals surface area contributed by atoms with Crippen LogP contribution in [0.4, 0.5) is 24.5 Å². The van der Waals surface area contributed by atoms with Crippen LogP contribution < -0.4 is 9.62 Å². The topological polar surface area (TPSA) is 86.7 Å². The molecule has 3 rings (SSSR count). The van der Waals surface area contributed by atoms with Gasteiger partial charge in [-0.1, -0.05) is 65.7 Å². The summed E-state index contributed by atoms with van der Waals surface area (Å²) < 4.78 is 67.0. The number of benzene rings is 3. The number of carbonyl (C=O) groups excluding carboxylic acids is 1. The number of hydrogen-bond acceptors (Lipinski definition) is 4.